The molecule has 0 bridgehead atoms. The lowest BCUT2D eigenvalue weighted by molar-refractivity contribution is 0.0129. The van der Waals surface area contributed by atoms with Gasteiger partial charge in [-0.05, 0) is 45.6 Å². The summed E-state index contributed by atoms with van der Waals surface area (Å²) in [7, 11) is 0. The maximum absolute atomic E-state index is 6.40. The van der Waals surface area contributed by atoms with Crippen molar-refractivity contribution in [1.29, 1.82) is 0 Å². The zero-order chi connectivity index (χ0) is 12.1. The van der Waals surface area contributed by atoms with Crippen molar-refractivity contribution in [2.24, 2.45) is 5.73 Å². The number of likely N-dealkylation sites (tertiary alicyclic amines) is 1. The Labute approximate surface area is 106 Å². The number of ether oxygens (including phenoxy) is 1. The molecule has 3 nitrogen and oxygen atoms in total. The lowest BCUT2D eigenvalue weighted by atomic mass is 9.94. The van der Waals surface area contributed by atoms with Crippen molar-refractivity contribution in [1.82, 2.24) is 4.90 Å². The minimum atomic E-state index is 0.163. The fraction of sp³-hybridized carbons (Fsp3) is 1.00. The fourth-order valence-corrected chi connectivity index (χ4v) is 3.25. The van der Waals surface area contributed by atoms with Crippen molar-refractivity contribution >= 4 is 0 Å². The van der Waals surface area contributed by atoms with Crippen LogP contribution < -0.4 is 5.73 Å². The van der Waals surface area contributed by atoms with Crippen LogP contribution in [-0.4, -0.2) is 42.8 Å². The summed E-state index contributed by atoms with van der Waals surface area (Å²) in [4.78, 5) is 2.57. The van der Waals surface area contributed by atoms with Crippen molar-refractivity contribution < 1.29 is 4.74 Å². The Morgan fingerprint density at radius 1 is 1.24 bits per heavy atom. The quantitative estimate of drug-likeness (QED) is 0.800. The van der Waals surface area contributed by atoms with E-state index in [0.717, 1.165) is 6.61 Å². The minimum Gasteiger partial charge on any atom is -0.378 e. The second kappa shape index (κ2) is 6.17. The number of hydrogen-bond donors (Lipinski definition) is 1. The van der Waals surface area contributed by atoms with E-state index < -0.39 is 0 Å². The number of nitrogens with two attached hydrogens (primary N) is 1. The minimum absolute atomic E-state index is 0.163. The molecule has 2 fully saturated rings. The molecule has 0 unspecified atom stereocenters. The second-order valence-electron chi connectivity index (χ2n) is 5.82. The van der Waals surface area contributed by atoms with Crippen LogP contribution in [0.15, 0.2) is 0 Å². The molecule has 1 saturated heterocycles. The van der Waals surface area contributed by atoms with Crippen LogP contribution in [0.1, 0.15) is 51.9 Å². The topological polar surface area (TPSA) is 38.5 Å². The van der Waals surface area contributed by atoms with E-state index in [9.17, 15) is 0 Å². The lowest BCUT2D eigenvalue weighted by Crippen LogP contribution is -2.43. The molecule has 0 radical (unpaired) electrons. The van der Waals surface area contributed by atoms with Gasteiger partial charge in [-0.15, -0.1) is 0 Å². The number of hydrogen-bond acceptors (Lipinski definition) is 3. The third kappa shape index (κ3) is 3.94. The molecule has 1 heterocycles. The Morgan fingerprint density at radius 2 is 1.88 bits per heavy atom. The van der Waals surface area contributed by atoms with Gasteiger partial charge in [-0.3, -0.25) is 0 Å². The van der Waals surface area contributed by atoms with Gasteiger partial charge in [0, 0.05) is 25.2 Å². The van der Waals surface area contributed by atoms with Gasteiger partial charge in [0.2, 0.25) is 0 Å². The molecular formula is C14H28N2O. The second-order valence-corrected chi connectivity index (χ2v) is 5.82. The molecule has 1 aliphatic carbocycles. The van der Waals surface area contributed by atoms with E-state index in [1.165, 1.54) is 64.6 Å². The molecule has 1 aliphatic heterocycles. The van der Waals surface area contributed by atoms with Crippen molar-refractivity contribution in [3.8, 4) is 0 Å². The Hall–Kier alpha value is -0.120. The van der Waals surface area contributed by atoms with Crippen LogP contribution in [0.4, 0.5) is 0 Å². The number of rotatable bonds is 5. The first-order chi connectivity index (χ1) is 8.22. The highest BCUT2D eigenvalue weighted by Gasteiger charge is 2.30. The van der Waals surface area contributed by atoms with Crippen LogP contribution in [0.25, 0.3) is 0 Å². The highest BCUT2D eigenvalue weighted by atomic mass is 16.5. The maximum Gasteiger partial charge on any atom is 0.0599 e. The summed E-state index contributed by atoms with van der Waals surface area (Å²) in [5.74, 6) is 0. The highest BCUT2D eigenvalue weighted by molar-refractivity contribution is 4.90. The Balaban J connectivity index is 1.64. The van der Waals surface area contributed by atoms with Gasteiger partial charge < -0.3 is 15.4 Å². The molecule has 0 amide bonds. The van der Waals surface area contributed by atoms with Gasteiger partial charge >= 0.3 is 0 Å². The van der Waals surface area contributed by atoms with Crippen LogP contribution in [-0.2, 0) is 4.74 Å². The van der Waals surface area contributed by atoms with E-state index in [4.69, 9.17) is 10.5 Å². The van der Waals surface area contributed by atoms with Crippen LogP contribution in [0.3, 0.4) is 0 Å². The molecule has 2 aliphatic rings. The lowest BCUT2D eigenvalue weighted by Gasteiger charge is -2.34. The summed E-state index contributed by atoms with van der Waals surface area (Å²) in [6.45, 7) is 6.53. The van der Waals surface area contributed by atoms with Crippen LogP contribution >= 0.6 is 0 Å². The first kappa shape index (κ1) is 13.3. The fourth-order valence-electron chi connectivity index (χ4n) is 3.25. The van der Waals surface area contributed by atoms with Crippen molar-refractivity contribution in [2.75, 3.05) is 26.2 Å². The Kier molecular flexibility index (Phi) is 4.83. The summed E-state index contributed by atoms with van der Waals surface area (Å²) in [6, 6.07) is 0. The van der Waals surface area contributed by atoms with Gasteiger partial charge in [0.15, 0.2) is 0 Å². The summed E-state index contributed by atoms with van der Waals surface area (Å²) in [5.41, 5.74) is 6.56. The highest BCUT2D eigenvalue weighted by Crippen LogP contribution is 2.30. The Bertz CT molecular complexity index is 218. The normalized spacial score (nSPS) is 26.5. The first-order valence-corrected chi connectivity index (χ1v) is 7.35. The molecule has 100 valence electrons. The Morgan fingerprint density at radius 3 is 2.47 bits per heavy atom. The van der Waals surface area contributed by atoms with E-state index in [1.807, 2.05) is 0 Å². The average Bonchev–Trinajstić information content (AvgIpc) is 2.76. The standard InChI is InChI=1S/C14H28N2O/c1-2-17-13-5-10-16(11-6-13)12-9-14(15)7-3-4-8-14/h13H,2-12,15H2,1H3. The van der Waals surface area contributed by atoms with E-state index in [-0.39, 0.29) is 5.54 Å². The van der Waals surface area contributed by atoms with Gasteiger partial charge in [-0.25, -0.2) is 0 Å². The molecule has 0 atom stereocenters. The van der Waals surface area contributed by atoms with Gasteiger partial charge in [0.25, 0.3) is 0 Å². The largest absolute Gasteiger partial charge is 0.378 e. The molecule has 0 spiro atoms. The van der Waals surface area contributed by atoms with Crippen molar-refractivity contribution in [2.45, 2.75) is 63.5 Å². The molecule has 1 saturated carbocycles. The third-order valence-corrected chi connectivity index (χ3v) is 4.46. The first-order valence-electron chi connectivity index (χ1n) is 7.35. The average molecular weight is 240 g/mol. The van der Waals surface area contributed by atoms with Crippen LogP contribution in [0.2, 0.25) is 0 Å². The summed E-state index contributed by atoms with van der Waals surface area (Å²) < 4.78 is 5.68. The summed E-state index contributed by atoms with van der Waals surface area (Å²) in [5, 5.41) is 0. The molecule has 0 aromatic heterocycles. The van der Waals surface area contributed by atoms with Crippen LogP contribution in [0.5, 0.6) is 0 Å². The van der Waals surface area contributed by atoms with Gasteiger partial charge in [0.05, 0.1) is 6.10 Å². The molecular weight excluding hydrogens is 212 g/mol. The van der Waals surface area contributed by atoms with Gasteiger partial charge in [-0.2, -0.15) is 0 Å². The van der Waals surface area contributed by atoms with Crippen LogP contribution in [0, 0.1) is 0 Å². The van der Waals surface area contributed by atoms with E-state index in [0.29, 0.717) is 6.10 Å². The van der Waals surface area contributed by atoms with Crippen molar-refractivity contribution in [3.63, 3.8) is 0 Å². The molecule has 2 N–H and O–H groups in total. The monoisotopic (exact) mass is 240 g/mol. The zero-order valence-corrected chi connectivity index (χ0v) is 11.3. The van der Waals surface area contributed by atoms with Crippen molar-refractivity contribution in [3.05, 3.63) is 0 Å². The summed E-state index contributed by atoms with van der Waals surface area (Å²) in [6.07, 6.45) is 9.24. The molecule has 2 rings (SSSR count). The van der Waals surface area contributed by atoms with E-state index in [2.05, 4.69) is 11.8 Å². The maximum atomic E-state index is 6.40. The van der Waals surface area contributed by atoms with Gasteiger partial charge in [-0.1, -0.05) is 12.8 Å². The summed E-state index contributed by atoms with van der Waals surface area (Å²) >= 11 is 0. The predicted octanol–water partition coefficient (Wildman–Crippen LogP) is 2.15. The molecule has 0 aromatic rings. The smallest absolute Gasteiger partial charge is 0.0599 e. The van der Waals surface area contributed by atoms with Gasteiger partial charge in [0.1, 0.15) is 0 Å². The molecule has 17 heavy (non-hydrogen) atoms. The zero-order valence-electron chi connectivity index (χ0n) is 11.3. The number of nitrogens with zero attached hydrogens (tertiary/aromatic N) is 1. The SMILES string of the molecule is CCOC1CCN(CCC2(N)CCCC2)CC1. The molecule has 0 aromatic carbocycles. The number of piperidine rings is 1. The predicted molar refractivity (Wildman–Crippen MR) is 71.1 cm³/mol. The third-order valence-electron chi connectivity index (χ3n) is 4.46. The van der Waals surface area contributed by atoms with E-state index in [1.54, 1.807) is 0 Å². The molecule has 3 heteroatoms. The van der Waals surface area contributed by atoms with E-state index >= 15 is 0 Å².